The van der Waals surface area contributed by atoms with E-state index in [-0.39, 0.29) is 5.92 Å². The second-order valence-electron chi connectivity index (χ2n) is 4.88. The number of para-hydroxylation sites is 1. The van der Waals surface area contributed by atoms with Crippen molar-refractivity contribution in [3.63, 3.8) is 0 Å². The minimum absolute atomic E-state index is 0.218. The number of aromatic nitrogens is 3. The number of fused-ring (bicyclic) bond motifs is 1. The van der Waals surface area contributed by atoms with E-state index in [9.17, 15) is 0 Å². The number of aromatic amines is 1. The van der Waals surface area contributed by atoms with Gasteiger partial charge in [0.05, 0.1) is 11.6 Å². The van der Waals surface area contributed by atoms with Gasteiger partial charge in [0.15, 0.2) is 5.82 Å². The van der Waals surface area contributed by atoms with Crippen molar-refractivity contribution in [2.45, 2.75) is 12.3 Å². The molecule has 1 aromatic carbocycles. The van der Waals surface area contributed by atoms with Crippen molar-refractivity contribution in [2.75, 3.05) is 13.2 Å². The van der Waals surface area contributed by atoms with Crippen LogP contribution in [0, 0.1) is 0 Å². The van der Waals surface area contributed by atoms with Gasteiger partial charge in [-0.15, -0.1) is 0 Å². The van der Waals surface area contributed by atoms with Crippen molar-refractivity contribution in [1.29, 1.82) is 0 Å². The molecule has 1 atom stereocenters. The van der Waals surface area contributed by atoms with Gasteiger partial charge in [-0.2, -0.15) is 4.98 Å². The second-order valence-corrected chi connectivity index (χ2v) is 5.26. The number of rotatable bonds is 2. The molecule has 2 aromatic heterocycles. The van der Waals surface area contributed by atoms with Crippen molar-refractivity contribution in [3.8, 4) is 11.6 Å². The van der Waals surface area contributed by atoms with Gasteiger partial charge in [0, 0.05) is 23.4 Å². The molecule has 1 fully saturated rings. The zero-order valence-electron chi connectivity index (χ0n) is 10.6. The Balaban J connectivity index is 1.77. The van der Waals surface area contributed by atoms with E-state index < -0.39 is 0 Å². The maximum absolute atomic E-state index is 6.38. The third-order valence-electron chi connectivity index (χ3n) is 3.59. The lowest BCUT2D eigenvalue weighted by Gasteiger charge is -1.97. The van der Waals surface area contributed by atoms with E-state index in [1.54, 1.807) is 0 Å². The molecule has 1 N–H and O–H groups in total. The van der Waals surface area contributed by atoms with Gasteiger partial charge in [-0.3, -0.25) is 0 Å². The van der Waals surface area contributed by atoms with Gasteiger partial charge in [-0.05, 0) is 12.5 Å². The summed E-state index contributed by atoms with van der Waals surface area (Å²) < 4.78 is 10.7. The highest BCUT2D eigenvalue weighted by molar-refractivity contribution is 6.38. The van der Waals surface area contributed by atoms with Crippen molar-refractivity contribution >= 4 is 22.5 Å². The summed E-state index contributed by atoms with van der Waals surface area (Å²) in [7, 11) is 0. The van der Waals surface area contributed by atoms with Crippen LogP contribution in [0.15, 0.2) is 28.8 Å². The highest BCUT2D eigenvalue weighted by Crippen LogP contribution is 2.34. The highest BCUT2D eigenvalue weighted by Gasteiger charge is 2.25. The number of benzene rings is 1. The summed E-state index contributed by atoms with van der Waals surface area (Å²) in [5.41, 5.74) is 1.63. The molecule has 0 amide bonds. The highest BCUT2D eigenvalue weighted by atomic mass is 35.5. The average Bonchev–Trinajstić information content (AvgIpc) is 3.17. The number of halogens is 1. The quantitative estimate of drug-likeness (QED) is 0.785. The van der Waals surface area contributed by atoms with E-state index in [1.807, 2.05) is 24.3 Å². The van der Waals surface area contributed by atoms with Crippen molar-refractivity contribution in [3.05, 3.63) is 35.1 Å². The minimum Gasteiger partial charge on any atom is -0.381 e. The maximum Gasteiger partial charge on any atom is 0.275 e. The predicted molar refractivity (Wildman–Crippen MR) is 74.8 cm³/mol. The summed E-state index contributed by atoms with van der Waals surface area (Å²) in [6.07, 6.45) is 0.930. The fourth-order valence-corrected chi connectivity index (χ4v) is 2.79. The van der Waals surface area contributed by atoms with E-state index in [0.717, 1.165) is 23.9 Å². The van der Waals surface area contributed by atoms with Gasteiger partial charge in [-0.1, -0.05) is 35.0 Å². The minimum atomic E-state index is 0.218. The van der Waals surface area contributed by atoms with E-state index >= 15 is 0 Å². The van der Waals surface area contributed by atoms with Gasteiger partial charge >= 0.3 is 0 Å². The first kappa shape index (κ1) is 11.9. The molecule has 20 heavy (non-hydrogen) atoms. The lowest BCUT2D eigenvalue weighted by Crippen LogP contribution is -1.99. The number of hydrogen-bond acceptors (Lipinski definition) is 4. The first-order valence-corrected chi connectivity index (χ1v) is 6.88. The molecule has 5 nitrogen and oxygen atoms in total. The molecule has 0 saturated carbocycles. The Morgan fingerprint density at radius 1 is 1.30 bits per heavy atom. The molecule has 0 unspecified atom stereocenters. The van der Waals surface area contributed by atoms with Crippen LogP contribution in [0.25, 0.3) is 22.5 Å². The van der Waals surface area contributed by atoms with E-state index in [0.29, 0.717) is 29.0 Å². The summed E-state index contributed by atoms with van der Waals surface area (Å²) in [4.78, 5) is 7.67. The number of hydrogen-bond donors (Lipinski definition) is 1. The molecule has 1 aliphatic rings. The Labute approximate surface area is 119 Å². The molecular formula is C14H12ClN3O2. The monoisotopic (exact) mass is 289 g/mol. The van der Waals surface area contributed by atoms with Crippen LogP contribution >= 0.6 is 11.6 Å². The summed E-state index contributed by atoms with van der Waals surface area (Å²) >= 11 is 6.38. The van der Waals surface area contributed by atoms with Crippen molar-refractivity contribution < 1.29 is 9.26 Å². The van der Waals surface area contributed by atoms with Gasteiger partial charge in [0.1, 0.15) is 5.69 Å². The molecule has 3 aromatic rings. The first-order chi connectivity index (χ1) is 9.83. The van der Waals surface area contributed by atoms with Crippen LogP contribution in [0.5, 0.6) is 0 Å². The van der Waals surface area contributed by atoms with Crippen molar-refractivity contribution in [1.82, 2.24) is 15.1 Å². The first-order valence-electron chi connectivity index (χ1n) is 6.51. The van der Waals surface area contributed by atoms with Crippen molar-refractivity contribution in [2.24, 2.45) is 0 Å². The average molecular weight is 290 g/mol. The number of H-pyrrole nitrogens is 1. The van der Waals surface area contributed by atoms with E-state index in [4.69, 9.17) is 20.9 Å². The predicted octanol–water partition coefficient (Wildman–Crippen LogP) is 3.38. The maximum atomic E-state index is 6.38. The lowest BCUT2D eigenvalue weighted by molar-refractivity contribution is 0.192. The molecule has 1 saturated heterocycles. The largest absolute Gasteiger partial charge is 0.381 e. The molecule has 0 radical (unpaired) electrons. The summed E-state index contributed by atoms with van der Waals surface area (Å²) in [6, 6.07) is 7.82. The topological polar surface area (TPSA) is 63.9 Å². The van der Waals surface area contributed by atoms with Crippen LogP contribution in [0.2, 0.25) is 5.02 Å². The molecule has 0 spiro atoms. The lowest BCUT2D eigenvalue weighted by atomic mass is 10.1. The third kappa shape index (κ3) is 1.82. The van der Waals surface area contributed by atoms with Crippen LogP contribution in [0.4, 0.5) is 0 Å². The standard InChI is InChI=1S/C14H12ClN3O2/c15-11-9-3-1-2-4-10(9)16-12(11)14-17-13(18-20-14)8-5-6-19-7-8/h1-4,8,16H,5-7H2/t8-/m0/s1. The van der Waals surface area contributed by atoms with Crippen LogP contribution in [0.1, 0.15) is 18.2 Å². The van der Waals surface area contributed by atoms with E-state index in [1.165, 1.54) is 0 Å². The smallest absolute Gasteiger partial charge is 0.275 e. The fourth-order valence-electron chi connectivity index (χ4n) is 2.50. The molecule has 6 heteroatoms. The van der Waals surface area contributed by atoms with E-state index in [2.05, 4.69) is 15.1 Å². The van der Waals surface area contributed by atoms with Crippen LogP contribution in [-0.2, 0) is 4.74 Å². The third-order valence-corrected chi connectivity index (χ3v) is 3.99. The summed E-state index contributed by atoms with van der Waals surface area (Å²) in [6.45, 7) is 1.40. The Hall–Kier alpha value is -1.85. The van der Waals surface area contributed by atoms with Crippen LogP contribution < -0.4 is 0 Å². The normalized spacial score (nSPS) is 18.9. The summed E-state index contributed by atoms with van der Waals surface area (Å²) in [5.74, 6) is 1.33. The SMILES string of the molecule is Clc1c(-c2nc([C@H]3CCOC3)no2)[nH]c2ccccc12. The number of nitrogens with one attached hydrogen (secondary N) is 1. The number of ether oxygens (including phenoxy) is 1. The zero-order chi connectivity index (χ0) is 13.5. The second kappa shape index (κ2) is 4.61. The van der Waals surface area contributed by atoms with Gasteiger partial charge in [0.2, 0.25) is 0 Å². The molecule has 102 valence electrons. The molecule has 4 rings (SSSR count). The Kier molecular flexibility index (Phi) is 2.75. The van der Waals surface area contributed by atoms with Crippen LogP contribution in [-0.4, -0.2) is 28.3 Å². The molecule has 0 aliphatic carbocycles. The Bertz CT molecular complexity index is 759. The van der Waals surface area contributed by atoms with Gasteiger partial charge in [0.25, 0.3) is 5.89 Å². The summed E-state index contributed by atoms with van der Waals surface area (Å²) in [5, 5.41) is 5.60. The Morgan fingerprint density at radius 2 is 2.20 bits per heavy atom. The molecule has 1 aliphatic heterocycles. The molecular weight excluding hydrogens is 278 g/mol. The molecule has 0 bridgehead atoms. The molecule has 3 heterocycles. The Morgan fingerprint density at radius 3 is 3.00 bits per heavy atom. The van der Waals surface area contributed by atoms with Crippen LogP contribution in [0.3, 0.4) is 0 Å². The zero-order valence-corrected chi connectivity index (χ0v) is 11.4. The fraction of sp³-hybridized carbons (Fsp3) is 0.286. The van der Waals surface area contributed by atoms with Gasteiger partial charge in [-0.25, -0.2) is 0 Å². The number of nitrogens with zero attached hydrogens (tertiary/aromatic N) is 2. The van der Waals surface area contributed by atoms with Gasteiger partial charge < -0.3 is 14.2 Å².